The van der Waals surface area contributed by atoms with Crippen LogP contribution in [0.2, 0.25) is 5.28 Å². The van der Waals surface area contributed by atoms with Gasteiger partial charge in [-0.25, -0.2) is 9.97 Å². The largest absolute Gasteiger partial charge is 0.325 e. The van der Waals surface area contributed by atoms with Crippen LogP contribution in [0, 0.1) is 6.92 Å². The zero-order valence-corrected chi connectivity index (χ0v) is 8.84. The lowest BCUT2D eigenvalue weighted by Gasteiger charge is -1.96. The van der Waals surface area contributed by atoms with E-state index >= 15 is 0 Å². The van der Waals surface area contributed by atoms with E-state index in [0.717, 1.165) is 11.4 Å². The van der Waals surface area contributed by atoms with E-state index in [1.54, 1.807) is 0 Å². The molecule has 1 aromatic rings. The van der Waals surface area contributed by atoms with Gasteiger partial charge in [-0.1, -0.05) is 0 Å². The van der Waals surface area contributed by atoms with E-state index in [1.807, 2.05) is 13.0 Å². The molecular formula is C6H10Cl3N3. The van der Waals surface area contributed by atoms with Gasteiger partial charge in [0.05, 0.1) is 5.69 Å². The molecule has 2 N–H and O–H groups in total. The minimum Gasteiger partial charge on any atom is -0.325 e. The quantitative estimate of drug-likeness (QED) is 0.748. The Kier molecular flexibility index (Phi) is 7.73. The predicted octanol–water partition coefficient (Wildman–Crippen LogP) is 1.74. The number of hydrogen-bond donors (Lipinski definition) is 1. The fourth-order valence-electron chi connectivity index (χ4n) is 0.699. The van der Waals surface area contributed by atoms with Crippen LogP contribution in [0.1, 0.15) is 11.4 Å². The average molecular weight is 231 g/mol. The second-order valence-electron chi connectivity index (χ2n) is 1.97. The summed E-state index contributed by atoms with van der Waals surface area (Å²) in [4.78, 5) is 7.76. The second kappa shape index (κ2) is 6.43. The van der Waals surface area contributed by atoms with Gasteiger partial charge in [-0.05, 0) is 24.6 Å². The van der Waals surface area contributed by atoms with E-state index < -0.39 is 0 Å². The highest BCUT2D eigenvalue weighted by atomic mass is 35.5. The Morgan fingerprint density at radius 3 is 2.42 bits per heavy atom. The summed E-state index contributed by atoms with van der Waals surface area (Å²) in [5, 5.41) is 0.264. The van der Waals surface area contributed by atoms with Crippen molar-refractivity contribution < 1.29 is 0 Å². The maximum Gasteiger partial charge on any atom is 0.222 e. The molecule has 0 bridgehead atoms. The number of aromatic nitrogens is 2. The number of halogens is 3. The van der Waals surface area contributed by atoms with Crippen LogP contribution in [0.3, 0.4) is 0 Å². The van der Waals surface area contributed by atoms with Crippen LogP contribution in [-0.4, -0.2) is 9.97 Å². The third-order valence-electron chi connectivity index (χ3n) is 1.09. The maximum absolute atomic E-state index is 5.55. The zero-order chi connectivity index (χ0) is 7.56. The summed E-state index contributed by atoms with van der Waals surface area (Å²) in [5.41, 5.74) is 6.96. The molecule has 6 heteroatoms. The van der Waals surface area contributed by atoms with Gasteiger partial charge in [0.1, 0.15) is 0 Å². The molecule has 0 aliphatic rings. The molecule has 3 nitrogen and oxygen atoms in total. The summed E-state index contributed by atoms with van der Waals surface area (Å²) in [6.07, 6.45) is 0. The summed E-state index contributed by atoms with van der Waals surface area (Å²) < 4.78 is 0. The average Bonchev–Trinajstić information content (AvgIpc) is 1.85. The van der Waals surface area contributed by atoms with Crippen LogP contribution in [0.15, 0.2) is 6.07 Å². The smallest absolute Gasteiger partial charge is 0.222 e. The first kappa shape index (κ1) is 14.4. The van der Waals surface area contributed by atoms with Gasteiger partial charge in [-0.15, -0.1) is 24.8 Å². The first-order valence-electron chi connectivity index (χ1n) is 2.92. The van der Waals surface area contributed by atoms with E-state index in [2.05, 4.69) is 9.97 Å². The number of aryl methyl sites for hydroxylation is 1. The molecule has 0 spiro atoms. The monoisotopic (exact) mass is 229 g/mol. The summed E-state index contributed by atoms with van der Waals surface area (Å²) in [7, 11) is 0. The molecule has 70 valence electrons. The molecule has 0 aliphatic heterocycles. The van der Waals surface area contributed by atoms with Crippen molar-refractivity contribution in [3.8, 4) is 0 Å². The Morgan fingerprint density at radius 2 is 2.00 bits per heavy atom. The molecule has 0 saturated carbocycles. The van der Waals surface area contributed by atoms with E-state index in [1.165, 1.54) is 0 Å². The number of rotatable bonds is 1. The molecule has 1 rings (SSSR count). The van der Waals surface area contributed by atoms with Crippen LogP contribution in [0.25, 0.3) is 0 Å². The molecule has 1 aromatic heterocycles. The lowest BCUT2D eigenvalue weighted by atomic mass is 10.3. The lowest BCUT2D eigenvalue weighted by molar-refractivity contribution is 0.947. The minimum absolute atomic E-state index is 0. The highest BCUT2D eigenvalue weighted by Gasteiger charge is 1.95. The summed E-state index contributed by atoms with van der Waals surface area (Å²) in [6, 6.07) is 1.81. The van der Waals surface area contributed by atoms with Crippen molar-refractivity contribution in [1.82, 2.24) is 9.97 Å². The van der Waals surface area contributed by atoms with Gasteiger partial charge >= 0.3 is 0 Å². The van der Waals surface area contributed by atoms with Crippen LogP contribution >= 0.6 is 36.4 Å². The van der Waals surface area contributed by atoms with Gasteiger partial charge in [-0.3, -0.25) is 0 Å². The predicted molar refractivity (Wildman–Crippen MR) is 54.2 cm³/mol. The summed E-state index contributed by atoms with van der Waals surface area (Å²) in [5.74, 6) is 0. The van der Waals surface area contributed by atoms with Crippen molar-refractivity contribution in [1.29, 1.82) is 0 Å². The Hall–Kier alpha value is -0.0900. The van der Waals surface area contributed by atoms with Crippen molar-refractivity contribution >= 4 is 36.4 Å². The van der Waals surface area contributed by atoms with Crippen LogP contribution in [-0.2, 0) is 6.54 Å². The molecule has 0 fully saturated rings. The summed E-state index contributed by atoms with van der Waals surface area (Å²) in [6.45, 7) is 2.26. The molecule has 0 atom stereocenters. The highest BCUT2D eigenvalue weighted by molar-refractivity contribution is 6.28. The van der Waals surface area contributed by atoms with E-state index in [4.69, 9.17) is 17.3 Å². The number of nitrogens with two attached hydrogens (primary N) is 1. The van der Waals surface area contributed by atoms with Crippen molar-refractivity contribution in [2.45, 2.75) is 13.5 Å². The Bertz CT molecular complexity index is 221. The molecule has 0 radical (unpaired) electrons. The van der Waals surface area contributed by atoms with E-state index in [0.29, 0.717) is 6.54 Å². The van der Waals surface area contributed by atoms with Gasteiger partial charge in [0.25, 0.3) is 0 Å². The van der Waals surface area contributed by atoms with Crippen molar-refractivity contribution in [3.05, 3.63) is 22.7 Å². The molecule has 12 heavy (non-hydrogen) atoms. The zero-order valence-electron chi connectivity index (χ0n) is 6.45. The molecule has 0 saturated heterocycles. The van der Waals surface area contributed by atoms with Crippen molar-refractivity contribution in [2.75, 3.05) is 0 Å². The molecule has 0 unspecified atom stereocenters. The van der Waals surface area contributed by atoms with Gasteiger partial charge in [0.15, 0.2) is 0 Å². The van der Waals surface area contributed by atoms with Crippen LogP contribution < -0.4 is 5.73 Å². The lowest BCUT2D eigenvalue weighted by Crippen LogP contribution is -2.01. The van der Waals surface area contributed by atoms with Gasteiger partial charge in [0, 0.05) is 12.2 Å². The number of nitrogens with zero attached hydrogens (tertiary/aromatic N) is 2. The van der Waals surface area contributed by atoms with Crippen LogP contribution in [0.5, 0.6) is 0 Å². The normalized spacial score (nSPS) is 8.25. The van der Waals surface area contributed by atoms with E-state index in [-0.39, 0.29) is 30.1 Å². The van der Waals surface area contributed by atoms with Gasteiger partial charge in [0.2, 0.25) is 5.28 Å². The molecular weight excluding hydrogens is 220 g/mol. The first-order chi connectivity index (χ1) is 4.72. The first-order valence-corrected chi connectivity index (χ1v) is 3.30. The Balaban J connectivity index is 0. The molecule has 0 aliphatic carbocycles. The minimum atomic E-state index is 0. The third-order valence-corrected chi connectivity index (χ3v) is 1.26. The van der Waals surface area contributed by atoms with Crippen molar-refractivity contribution in [2.24, 2.45) is 5.73 Å². The molecule has 0 aromatic carbocycles. The standard InChI is InChI=1S/C6H8ClN3.2ClH/c1-4-2-5(3-8)10-6(7)9-4;;/h2H,3,8H2,1H3;2*1H. The van der Waals surface area contributed by atoms with E-state index in [9.17, 15) is 0 Å². The Labute approximate surface area is 88.5 Å². The van der Waals surface area contributed by atoms with Gasteiger partial charge in [-0.2, -0.15) is 0 Å². The fraction of sp³-hybridized carbons (Fsp3) is 0.333. The van der Waals surface area contributed by atoms with Crippen molar-refractivity contribution in [3.63, 3.8) is 0 Å². The topological polar surface area (TPSA) is 51.8 Å². The number of hydrogen-bond acceptors (Lipinski definition) is 3. The van der Waals surface area contributed by atoms with Gasteiger partial charge < -0.3 is 5.73 Å². The fourth-order valence-corrected chi connectivity index (χ4v) is 0.941. The third kappa shape index (κ3) is 4.07. The molecule has 1 heterocycles. The second-order valence-corrected chi connectivity index (χ2v) is 2.31. The van der Waals surface area contributed by atoms with Crippen LogP contribution in [0.4, 0.5) is 0 Å². The summed E-state index contributed by atoms with van der Waals surface area (Å²) >= 11 is 5.55. The Morgan fingerprint density at radius 1 is 1.42 bits per heavy atom. The SMILES string of the molecule is Cc1cc(CN)nc(Cl)n1.Cl.Cl. The molecule has 0 amide bonds. The highest BCUT2D eigenvalue weighted by Crippen LogP contribution is 2.03. The maximum atomic E-state index is 5.55.